The largest absolute Gasteiger partial charge is 4.00 e. The number of aryl methyl sites for hydroxylation is 2. The van der Waals surface area contributed by atoms with Crippen LogP contribution in [0.2, 0.25) is 0 Å². The van der Waals surface area contributed by atoms with Crippen LogP contribution in [0.5, 0.6) is 0 Å². The van der Waals surface area contributed by atoms with Crippen LogP contribution < -0.4 is 0 Å². The number of benzene rings is 2. The fourth-order valence-electron chi connectivity index (χ4n) is 2.01. The predicted molar refractivity (Wildman–Crippen MR) is 138 cm³/mol. The Hall–Kier alpha value is -1.76. The zero-order valence-corrected chi connectivity index (χ0v) is 22.5. The average molecular weight is 457 g/mol. The van der Waals surface area contributed by atoms with Gasteiger partial charge in [0.15, 0.2) is 0 Å². The Balaban J connectivity index is -0.000000676. The zero-order chi connectivity index (χ0) is 23.4. The van der Waals surface area contributed by atoms with E-state index < -0.39 is 0 Å². The molecule has 0 unspecified atom stereocenters. The molecule has 6 heteroatoms. The zero-order valence-electron chi connectivity index (χ0n) is 20.9. The van der Waals surface area contributed by atoms with Crippen molar-refractivity contribution in [3.8, 4) is 0 Å². The van der Waals surface area contributed by atoms with E-state index in [4.69, 9.17) is 0 Å². The summed E-state index contributed by atoms with van der Waals surface area (Å²) in [6.07, 6.45) is 2.00. The van der Waals surface area contributed by atoms with E-state index in [1.807, 2.05) is 44.2 Å². The molecule has 0 aliphatic carbocycles. The second-order valence-corrected chi connectivity index (χ2v) is 6.66. The third-order valence-corrected chi connectivity index (χ3v) is 3.10. The maximum absolute atomic E-state index is 4.58. The third kappa shape index (κ3) is 21.3. The van der Waals surface area contributed by atoms with Gasteiger partial charge in [-0.3, -0.25) is 4.99 Å². The van der Waals surface area contributed by atoms with Crippen molar-refractivity contribution >= 4 is 17.1 Å². The van der Waals surface area contributed by atoms with Gasteiger partial charge in [0.25, 0.3) is 0 Å². The second-order valence-electron chi connectivity index (χ2n) is 6.66. The molecule has 2 rings (SSSR count). The third-order valence-electron chi connectivity index (χ3n) is 3.10. The minimum atomic E-state index is 0. The topological polar surface area (TPSA) is 68.8 Å². The van der Waals surface area contributed by atoms with Crippen LogP contribution in [0.25, 0.3) is 21.3 Å². The molecule has 0 heterocycles. The Morgan fingerprint density at radius 3 is 1.42 bits per heavy atom. The van der Waals surface area contributed by atoms with Gasteiger partial charge in [0.2, 0.25) is 0 Å². The molecule has 0 saturated heterocycles. The number of hydrogen-bond donors (Lipinski definition) is 0. The smallest absolute Gasteiger partial charge is 0.668 e. The van der Waals surface area contributed by atoms with Gasteiger partial charge in [-0.15, -0.1) is 5.69 Å². The minimum Gasteiger partial charge on any atom is -0.668 e. The molecule has 0 amide bonds. The molecular formula is C25H39N5Ti. The molecule has 2 aromatic carbocycles. The molecule has 168 valence electrons. The van der Waals surface area contributed by atoms with Gasteiger partial charge in [0.1, 0.15) is 0 Å². The summed E-state index contributed by atoms with van der Waals surface area (Å²) < 4.78 is 0. The summed E-state index contributed by atoms with van der Waals surface area (Å²) in [5, 5.41) is 15.1. The van der Waals surface area contributed by atoms with Crippen molar-refractivity contribution in [2.45, 2.75) is 27.7 Å². The Bertz CT molecular complexity index is 703. The Labute approximate surface area is 206 Å². The molecule has 0 spiro atoms. The summed E-state index contributed by atoms with van der Waals surface area (Å²) >= 11 is 0. The molecule has 5 nitrogen and oxygen atoms in total. The van der Waals surface area contributed by atoms with E-state index in [0.717, 1.165) is 22.8 Å². The molecule has 31 heavy (non-hydrogen) atoms. The first-order valence-corrected chi connectivity index (χ1v) is 9.80. The number of nitrogens with zero attached hydrogens (tertiary/aromatic N) is 5. The monoisotopic (exact) mass is 457 g/mol. The predicted octanol–water partition coefficient (Wildman–Crippen LogP) is 7.86. The molecule has 0 radical (unpaired) electrons. The fraction of sp³-hybridized carbons (Fsp3) is 0.400. The Morgan fingerprint density at radius 1 is 0.677 bits per heavy atom. The van der Waals surface area contributed by atoms with Crippen molar-refractivity contribution in [1.82, 2.24) is 0 Å². The quantitative estimate of drug-likeness (QED) is 0.331. The van der Waals surface area contributed by atoms with Crippen LogP contribution in [0.3, 0.4) is 0 Å². The number of rotatable bonds is 4. The first-order chi connectivity index (χ1) is 14.3. The number of allylic oxidation sites excluding steroid dienone is 2. The number of aliphatic imine (C=N–C) groups is 1. The molecule has 2 aromatic rings. The summed E-state index contributed by atoms with van der Waals surface area (Å²) in [5.74, 6) is 0. The summed E-state index contributed by atoms with van der Waals surface area (Å²) in [7, 11) is 10.5. The Kier molecular flexibility index (Phi) is 25.0. The first kappa shape index (κ1) is 33.9. The van der Waals surface area contributed by atoms with E-state index in [-0.39, 0.29) is 21.7 Å². The van der Waals surface area contributed by atoms with Gasteiger partial charge in [-0.2, -0.15) is 48.0 Å². The molecular weight excluding hydrogens is 418 g/mol. The minimum absolute atomic E-state index is 0. The molecule has 0 atom stereocenters. The van der Waals surface area contributed by atoms with Crippen molar-refractivity contribution in [1.29, 1.82) is 0 Å². The SMILES string of the molecule is CC(/C=C(/C)[N-]c1ccc(C)cc1)=Nc1ccc(C)cc1.C[N-]C.C[N-]C.C[N-]C.[Ti+4]. The van der Waals surface area contributed by atoms with Crippen LogP contribution in [-0.2, 0) is 21.7 Å². The molecule has 0 aromatic heterocycles. The van der Waals surface area contributed by atoms with Crippen molar-refractivity contribution in [2.24, 2.45) is 4.99 Å². The van der Waals surface area contributed by atoms with Crippen LogP contribution >= 0.6 is 0 Å². The molecule has 0 saturated carbocycles. The van der Waals surface area contributed by atoms with Crippen molar-refractivity contribution in [3.63, 3.8) is 0 Å². The van der Waals surface area contributed by atoms with E-state index in [0.29, 0.717) is 0 Å². The van der Waals surface area contributed by atoms with Gasteiger partial charge in [0, 0.05) is 5.71 Å². The number of hydrogen-bond acceptors (Lipinski definition) is 1. The van der Waals surface area contributed by atoms with Crippen LogP contribution in [0, 0.1) is 13.8 Å². The molecule has 0 aliphatic rings. The molecule has 0 aliphatic heterocycles. The van der Waals surface area contributed by atoms with Crippen LogP contribution in [0.1, 0.15) is 25.0 Å². The van der Waals surface area contributed by atoms with Crippen molar-refractivity contribution in [2.75, 3.05) is 42.3 Å². The van der Waals surface area contributed by atoms with Crippen LogP contribution in [0.15, 0.2) is 65.3 Å². The van der Waals surface area contributed by atoms with Crippen LogP contribution in [0.4, 0.5) is 11.4 Å². The first-order valence-electron chi connectivity index (χ1n) is 9.80. The average Bonchev–Trinajstić information content (AvgIpc) is 2.67. The van der Waals surface area contributed by atoms with Gasteiger partial charge < -0.3 is 21.3 Å². The maximum atomic E-state index is 4.58. The summed E-state index contributed by atoms with van der Waals surface area (Å²) in [5.41, 5.74) is 6.33. The Morgan fingerprint density at radius 2 is 1.03 bits per heavy atom. The van der Waals surface area contributed by atoms with E-state index in [2.05, 4.69) is 64.4 Å². The maximum Gasteiger partial charge on any atom is 4.00 e. The van der Waals surface area contributed by atoms with E-state index in [1.165, 1.54) is 11.1 Å². The van der Waals surface area contributed by atoms with Gasteiger partial charge in [-0.25, -0.2) is 0 Å². The van der Waals surface area contributed by atoms with Gasteiger partial charge >= 0.3 is 21.7 Å². The van der Waals surface area contributed by atoms with Gasteiger partial charge in [-0.05, 0) is 32.9 Å². The summed E-state index contributed by atoms with van der Waals surface area (Å²) in [6, 6.07) is 16.4. The summed E-state index contributed by atoms with van der Waals surface area (Å²) in [4.78, 5) is 4.58. The van der Waals surface area contributed by atoms with E-state index in [9.17, 15) is 0 Å². The van der Waals surface area contributed by atoms with Gasteiger partial charge in [-0.1, -0.05) is 60.5 Å². The fourth-order valence-corrected chi connectivity index (χ4v) is 2.01. The van der Waals surface area contributed by atoms with E-state index in [1.54, 1.807) is 42.3 Å². The second kappa shape index (κ2) is 22.9. The summed E-state index contributed by atoms with van der Waals surface area (Å²) in [6.45, 7) is 8.14. The molecule has 0 N–H and O–H groups in total. The van der Waals surface area contributed by atoms with Gasteiger partial charge in [0.05, 0.1) is 5.69 Å². The van der Waals surface area contributed by atoms with E-state index >= 15 is 0 Å². The molecule has 0 fully saturated rings. The molecule has 0 bridgehead atoms. The van der Waals surface area contributed by atoms with Crippen LogP contribution in [-0.4, -0.2) is 48.0 Å². The standard InChI is InChI=1S/C19H21N2.3C2H6N.Ti/c1-14-5-9-18(10-6-14)20-16(3)13-17(4)21-19-11-7-15(2)8-12-19;3*1-3-2;/h5-13H,1-4H3;3*1-2H3;/q4*-1;+4/b16-13-,21-17?;;;;. The van der Waals surface area contributed by atoms with Crippen molar-refractivity contribution in [3.05, 3.63) is 92.7 Å². The normalized spacial score (nSPS) is 10.1. The van der Waals surface area contributed by atoms with Crippen molar-refractivity contribution < 1.29 is 21.7 Å².